The van der Waals surface area contributed by atoms with Gasteiger partial charge in [-0.2, -0.15) is 0 Å². The lowest BCUT2D eigenvalue weighted by molar-refractivity contribution is -0.384. The molecular weight excluding hydrogens is 370 g/mol. The van der Waals surface area contributed by atoms with Crippen LogP contribution in [-0.4, -0.2) is 55.5 Å². The molecule has 0 atom stereocenters. The van der Waals surface area contributed by atoms with Crippen molar-refractivity contribution in [3.05, 3.63) is 64.4 Å². The fraction of sp³-hybridized carbons (Fsp3) is 0.350. The molecule has 0 radical (unpaired) electrons. The van der Waals surface area contributed by atoms with Gasteiger partial charge in [0.25, 0.3) is 5.69 Å². The molecular formula is C20H23N7O2. The van der Waals surface area contributed by atoms with Gasteiger partial charge in [-0.3, -0.25) is 15.0 Å². The summed E-state index contributed by atoms with van der Waals surface area (Å²) >= 11 is 0. The molecule has 4 rings (SSSR count). The number of hydrogen-bond acceptors (Lipinski definition) is 7. The Morgan fingerprint density at radius 3 is 2.62 bits per heavy atom. The monoisotopic (exact) mass is 393 g/mol. The van der Waals surface area contributed by atoms with Gasteiger partial charge in [0, 0.05) is 75.1 Å². The molecule has 0 spiro atoms. The van der Waals surface area contributed by atoms with Crippen molar-refractivity contribution in [2.45, 2.75) is 13.5 Å². The van der Waals surface area contributed by atoms with Crippen molar-refractivity contribution in [3.63, 3.8) is 0 Å². The number of nitro groups is 1. The lowest BCUT2D eigenvalue weighted by Gasteiger charge is -2.35. The van der Waals surface area contributed by atoms with Crippen LogP contribution in [0.2, 0.25) is 0 Å². The number of non-ortho nitro benzene ring substituents is 1. The van der Waals surface area contributed by atoms with E-state index in [1.165, 1.54) is 12.1 Å². The SMILES string of the molecule is Cc1cc(N2CCN(Cc3nccn3C)CC2)nc(-c2cccc([N+](=O)[O-])c2)n1. The molecule has 9 heteroatoms. The number of piperazine rings is 1. The van der Waals surface area contributed by atoms with Gasteiger partial charge < -0.3 is 9.47 Å². The van der Waals surface area contributed by atoms with Gasteiger partial charge in [-0.15, -0.1) is 0 Å². The van der Waals surface area contributed by atoms with Crippen LogP contribution in [0.25, 0.3) is 11.4 Å². The lowest BCUT2D eigenvalue weighted by Crippen LogP contribution is -2.46. The van der Waals surface area contributed by atoms with E-state index in [-0.39, 0.29) is 5.69 Å². The highest BCUT2D eigenvalue weighted by molar-refractivity contribution is 5.61. The van der Waals surface area contributed by atoms with Crippen LogP contribution in [0.5, 0.6) is 0 Å². The van der Waals surface area contributed by atoms with Crippen LogP contribution < -0.4 is 4.90 Å². The highest BCUT2D eigenvalue weighted by Crippen LogP contribution is 2.24. The molecule has 3 heterocycles. The molecule has 1 aliphatic heterocycles. The number of nitro benzene ring substituents is 1. The molecule has 150 valence electrons. The Hall–Kier alpha value is -3.33. The molecule has 0 N–H and O–H groups in total. The van der Waals surface area contributed by atoms with E-state index in [1.807, 2.05) is 37.0 Å². The summed E-state index contributed by atoms with van der Waals surface area (Å²) < 4.78 is 2.05. The van der Waals surface area contributed by atoms with E-state index in [2.05, 4.69) is 19.8 Å². The molecule has 0 bridgehead atoms. The summed E-state index contributed by atoms with van der Waals surface area (Å²) in [5, 5.41) is 11.1. The van der Waals surface area contributed by atoms with Crippen LogP contribution in [0.3, 0.4) is 0 Å². The van der Waals surface area contributed by atoms with Crippen LogP contribution in [0.1, 0.15) is 11.5 Å². The van der Waals surface area contributed by atoms with Crippen LogP contribution in [-0.2, 0) is 13.6 Å². The Morgan fingerprint density at radius 1 is 1.14 bits per heavy atom. The molecule has 1 saturated heterocycles. The van der Waals surface area contributed by atoms with Gasteiger partial charge in [-0.25, -0.2) is 15.0 Å². The maximum absolute atomic E-state index is 11.1. The molecule has 3 aromatic rings. The molecule has 0 saturated carbocycles. The van der Waals surface area contributed by atoms with Crippen molar-refractivity contribution >= 4 is 11.5 Å². The summed E-state index contributed by atoms with van der Waals surface area (Å²) in [4.78, 5) is 28.9. The molecule has 9 nitrogen and oxygen atoms in total. The predicted octanol–water partition coefficient (Wildman–Crippen LogP) is 2.42. The zero-order valence-corrected chi connectivity index (χ0v) is 16.5. The summed E-state index contributed by atoms with van der Waals surface area (Å²) in [5.74, 6) is 2.43. The number of rotatable bonds is 5. The second-order valence-corrected chi connectivity index (χ2v) is 7.22. The largest absolute Gasteiger partial charge is 0.354 e. The summed E-state index contributed by atoms with van der Waals surface area (Å²) in [5.41, 5.74) is 1.53. The van der Waals surface area contributed by atoms with E-state index < -0.39 is 4.92 Å². The van der Waals surface area contributed by atoms with E-state index in [1.54, 1.807) is 12.1 Å². The average Bonchev–Trinajstić information content (AvgIpc) is 3.12. The molecule has 0 unspecified atom stereocenters. The second kappa shape index (κ2) is 7.96. The average molecular weight is 393 g/mol. The van der Waals surface area contributed by atoms with Crippen molar-refractivity contribution in [2.75, 3.05) is 31.1 Å². The first-order valence-electron chi connectivity index (χ1n) is 9.53. The zero-order chi connectivity index (χ0) is 20.4. The Morgan fingerprint density at radius 2 is 1.93 bits per heavy atom. The maximum atomic E-state index is 11.1. The van der Waals surface area contributed by atoms with Crippen LogP contribution >= 0.6 is 0 Å². The van der Waals surface area contributed by atoms with Gasteiger partial charge >= 0.3 is 0 Å². The Balaban J connectivity index is 1.49. The minimum Gasteiger partial charge on any atom is -0.354 e. The van der Waals surface area contributed by atoms with Crippen molar-refractivity contribution in [1.29, 1.82) is 0 Å². The highest BCUT2D eigenvalue weighted by Gasteiger charge is 2.20. The zero-order valence-electron chi connectivity index (χ0n) is 16.5. The third-order valence-electron chi connectivity index (χ3n) is 5.14. The minimum absolute atomic E-state index is 0.0389. The number of anilines is 1. The number of imidazole rings is 1. The van der Waals surface area contributed by atoms with Crippen molar-refractivity contribution < 1.29 is 4.92 Å². The van der Waals surface area contributed by atoms with Gasteiger partial charge in [0.05, 0.1) is 11.5 Å². The highest BCUT2D eigenvalue weighted by atomic mass is 16.6. The van der Waals surface area contributed by atoms with Gasteiger partial charge in [-0.1, -0.05) is 12.1 Å². The number of benzene rings is 1. The first-order valence-corrected chi connectivity index (χ1v) is 9.53. The summed E-state index contributed by atoms with van der Waals surface area (Å²) in [6.07, 6.45) is 3.79. The smallest absolute Gasteiger partial charge is 0.270 e. The van der Waals surface area contributed by atoms with Crippen LogP contribution in [0.4, 0.5) is 11.5 Å². The topological polar surface area (TPSA) is 93.2 Å². The van der Waals surface area contributed by atoms with E-state index in [0.717, 1.165) is 50.1 Å². The van der Waals surface area contributed by atoms with Gasteiger partial charge in [0.15, 0.2) is 5.82 Å². The lowest BCUT2D eigenvalue weighted by atomic mass is 10.2. The number of aromatic nitrogens is 4. The standard InChI is InChI=1S/C20H23N7O2/c1-15-12-18(23-20(22-15)16-4-3-5-17(13-16)27(28)29)26-10-8-25(9-11-26)14-19-21-6-7-24(19)2/h3-7,12-13H,8-11,14H2,1-2H3. The molecule has 1 fully saturated rings. The van der Waals surface area contributed by atoms with Crippen molar-refractivity contribution in [1.82, 2.24) is 24.4 Å². The Labute approximate surface area is 168 Å². The predicted molar refractivity (Wildman–Crippen MR) is 110 cm³/mol. The second-order valence-electron chi connectivity index (χ2n) is 7.22. The van der Waals surface area contributed by atoms with Gasteiger partial charge in [0.2, 0.25) is 0 Å². The Bertz CT molecular complexity index is 1030. The molecule has 2 aromatic heterocycles. The molecule has 0 aliphatic carbocycles. The van der Waals surface area contributed by atoms with Crippen molar-refractivity contribution in [3.8, 4) is 11.4 Å². The Kier molecular flexibility index (Phi) is 5.22. The maximum Gasteiger partial charge on any atom is 0.270 e. The summed E-state index contributed by atoms with van der Waals surface area (Å²) in [7, 11) is 2.01. The third-order valence-corrected chi connectivity index (χ3v) is 5.14. The fourth-order valence-corrected chi connectivity index (χ4v) is 3.49. The third kappa shape index (κ3) is 4.24. The number of nitrogens with zero attached hydrogens (tertiary/aromatic N) is 7. The minimum atomic E-state index is -0.402. The van der Waals surface area contributed by atoms with Gasteiger partial charge in [-0.05, 0) is 6.92 Å². The van der Waals surface area contributed by atoms with E-state index >= 15 is 0 Å². The quantitative estimate of drug-likeness (QED) is 0.485. The molecule has 0 amide bonds. The number of aryl methyl sites for hydroxylation is 2. The first kappa shape index (κ1) is 19.0. The van der Waals surface area contributed by atoms with Crippen molar-refractivity contribution in [2.24, 2.45) is 7.05 Å². The molecule has 1 aliphatic rings. The van der Waals surface area contributed by atoms with E-state index in [0.29, 0.717) is 11.4 Å². The summed E-state index contributed by atoms with van der Waals surface area (Å²) in [6, 6.07) is 8.42. The number of hydrogen-bond donors (Lipinski definition) is 0. The van der Waals surface area contributed by atoms with Crippen LogP contribution in [0.15, 0.2) is 42.7 Å². The van der Waals surface area contributed by atoms with E-state index in [4.69, 9.17) is 4.98 Å². The van der Waals surface area contributed by atoms with Gasteiger partial charge in [0.1, 0.15) is 11.6 Å². The molecule has 29 heavy (non-hydrogen) atoms. The normalized spacial score (nSPS) is 14.9. The van der Waals surface area contributed by atoms with Crippen LogP contribution in [0, 0.1) is 17.0 Å². The molecule has 1 aromatic carbocycles. The van der Waals surface area contributed by atoms with E-state index in [9.17, 15) is 10.1 Å². The fourth-order valence-electron chi connectivity index (χ4n) is 3.49. The summed E-state index contributed by atoms with van der Waals surface area (Å²) in [6.45, 7) is 6.30. The first-order chi connectivity index (χ1) is 14.0.